The van der Waals surface area contributed by atoms with Crippen molar-refractivity contribution in [3.05, 3.63) is 77.4 Å². The Bertz CT molecular complexity index is 1100. The maximum atomic E-state index is 12.6. The van der Waals surface area contributed by atoms with Crippen LogP contribution >= 0.6 is 11.3 Å². The quantitative estimate of drug-likeness (QED) is 0.545. The molecule has 1 heterocycles. The average Bonchev–Trinajstić information content (AvgIpc) is 3.09. The first-order valence-electron chi connectivity index (χ1n) is 8.32. The van der Waals surface area contributed by atoms with Crippen molar-refractivity contribution < 1.29 is 4.79 Å². The van der Waals surface area contributed by atoms with E-state index in [1.165, 1.54) is 16.7 Å². The Kier molecular flexibility index (Phi) is 4.22. The predicted octanol–water partition coefficient (Wildman–Crippen LogP) is 5.23. The molecule has 1 aromatic heterocycles. The number of anilines is 1. The molecule has 0 atom stereocenters. The summed E-state index contributed by atoms with van der Waals surface area (Å²) in [5.41, 5.74) is 3.58. The number of fused-ring (bicyclic) bond motifs is 1. The number of benzene rings is 3. The molecule has 4 aromatic rings. The van der Waals surface area contributed by atoms with E-state index in [0.29, 0.717) is 10.7 Å². The molecule has 3 aromatic carbocycles. The van der Waals surface area contributed by atoms with E-state index in [2.05, 4.69) is 39.8 Å². The van der Waals surface area contributed by atoms with Crippen molar-refractivity contribution in [3.63, 3.8) is 0 Å². The molecule has 0 aliphatic carbocycles. The molecule has 0 aliphatic heterocycles. The highest BCUT2D eigenvalue weighted by Gasteiger charge is 2.15. The van der Waals surface area contributed by atoms with Crippen LogP contribution in [0, 0.1) is 13.8 Å². The summed E-state index contributed by atoms with van der Waals surface area (Å²) in [5.74, 6) is -0.151. The molecule has 0 spiro atoms. The Morgan fingerprint density at radius 3 is 2.38 bits per heavy atom. The van der Waals surface area contributed by atoms with Crippen LogP contribution in [0.15, 0.2) is 60.7 Å². The molecular weight excluding hydrogens is 342 g/mol. The lowest BCUT2D eigenvalue weighted by molar-refractivity contribution is 0.102. The van der Waals surface area contributed by atoms with Crippen LogP contribution in [0.1, 0.15) is 21.5 Å². The summed E-state index contributed by atoms with van der Waals surface area (Å²) in [6.45, 7) is 3.87. The minimum absolute atomic E-state index is 0.151. The zero-order valence-corrected chi connectivity index (χ0v) is 15.3. The molecule has 0 fully saturated rings. The van der Waals surface area contributed by atoms with Gasteiger partial charge < -0.3 is 0 Å². The number of aromatic nitrogens is 2. The van der Waals surface area contributed by atoms with Gasteiger partial charge in [0.15, 0.2) is 0 Å². The molecule has 1 N–H and O–H groups in total. The number of hydrogen-bond donors (Lipinski definition) is 1. The van der Waals surface area contributed by atoms with Gasteiger partial charge >= 0.3 is 0 Å². The number of aryl methyl sites for hydroxylation is 2. The van der Waals surface area contributed by atoms with Gasteiger partial charge in [0.2, 0.25) is 5.13 Å². The lowest BCUT2D eigenvalue weighted by Crippen LogP contribution is -2.14. The molecule has 0 unspecified atom stereocenters. The predicted molar refractivity (Wildman–Crippen MR) is 107 cm³/mol. The van der Waals surface area contributed by atoms with E-state index >= 15 is 0 Å². The van der Waals surface area contributed by atoms with E-state index in [1.807, 2.05) is 50.2 Å². The lowest BCUT2D eigenvalue weighted by Gasteiger charge is -2.08. The van der Waals surface area contributed by atoms with Crippen molar-refractivity contribution in [1.82, 2.24) is 10.2 Å². The second kappa shape index (κ2) is 6.69. The monoisotopic (exact) mass is 359 g/mol. The van der Waals surface area contributed by atoms with Crippen molar-refractivity contribution in [2.75, 3.05) is 5.32 Å². The average molecular weight is 359 g/mol. The smallest absolute Gasteiger partial charge is 0.258 e. The minimum atomic E-state index is -0.151. The molecule has 4 rings (SSSR count). The molecule has 4 nitrogen and oxygen atoms in total. The van der Waals surface area contributed by atoms with Gasteiger partial charge in [-0.15, -0.1) is 10.2 Å². The van der Waals surface area contributed by atoms with Crippen molar-refractivity contribution in [2.45, 2.75) is 13.8 Å². The zero-order valence-electron chi connectivity index (χ0n) is 14.5. The van der Waals surface area contributed by atoms with Crippen LogP contribution in [0.4, 0.5) is 5.13 Å². The van der Waals surface area contributed by atoms with E-state index in [4.69, 9.17) is 0 Å². The summed E-state index contributed by atoms with van der Waals surface area (Å²) in [6.07, 6.45) is 0. The van der Waals surface area contributed by atoms with Crippen molar-refractivity contribution in [2.24, 2.45) is 0 Å². The number of rotatable bonds is 3. The number of amides is 1. The third-order valence-electron chi connectivity index (χ3n) is 4.35. The van der Waals surface area contributed by atoms with Crippen molar-refractivity contribution in [1.29, 1.82) is 0 Å². The minimum Gasteiger partial charge on any atom is -0.296 e. The molecule has 26 heavy (non-hydrogen) atoms. The SMILES string of the molecule is Cc1cccc(C)c1C(=O)Nc1nnc(-c2ccc3ccccc3c2)s1. The van der Waals surface area contributed by atoms with Gasteiger partial charge in [0, 0.05) is 11.1 Å². The molecular formula is C21H17N3OS. The van der Waals surface area contributed by atoms with Crippen LogP contribution in [0.2, 0.25) is 0 Å². The first-order chi connectivity index (χ1) is 12.6. The Hall–Kier alpha value is -3.05. The summed E-state index contributed by atoms with van der Waals surface area (Å²) < 4.78 is 0. The van der Waals surface area contributed by atoms with Gasteiger partial charge in [-0.25, -0.2) is 0 Å². The van der Waals surface area contributed by atoms with Gasteiger partial charge in [-0.05, 0) is 41.8 Å². The third-order valence-corrected chi connectivity index (χ3v) is 5.24. The first kappa shape index (κ1) is 16.4. The molecule has 1 amide bonds. The standard InChI is InChI=1S/C21H17N3OS/c1-13-6-5-7-14(2)18(13)19(25)22-21-24-23-20(26-21)17-11-10-15-8-3-4-9-16(15)12-17/h3-12H,1-2H3,(H,22,24,25). The van der Waals surface area contributed by atoms with Crippen LogP contribution in [0.3, 0.4) is 0 Å². The summed E-state index contributed by atoms with van der Waals surface area (Å²) in [4.78, 5) is 12.6. The Balaban J connectivity index is 1.60. The number of carbonyl (C=O) groups excluding carboxylic acids is 1. The summed E-state index contributed by atoms with van der Waals surface area (Å²) in [6, 6.07) is 20.2. The number of hydrogen-bond acceptors (Lipinski definition) is 4. The fraction of sp³-hybridized carbons (Fsp3) is 0.0952. The van der Waals surface area contributed by atoms with E-state index < -0.39 is 0 Å². The van der Waals surface area contributed by atoms with Crippen LogP contribution < -0.4 is 5.32 Å². The number of nitrogens with one attached hydrogen (secondary N) is 1. The highest BCUT2D eigenvalue weighted by Crippen LogP contribution is 2.29. The fourth-order valence-corrected chi connectivity index (χ4v) is 3.78. The molecule has 128 valence electrons. The summed E-state index contributed by atoms with van der Waals surface area (Å²) in [7, 11) is 0. The number of nitrogens with zero attached hydrogens (tertiary/aromatic N) is 2. The highest BCUT2D eigenvalue weighted by molar-refractivity contribution is 7.18. The fourth-order valence-electron chi connectivity index (χ4n) is 3.04. The van der Waals surface area contributed by atoms with Crippen LogP contribution in [0.25, 0.3) is 21.3 Å². The van der Waals surface area contributed by atoms with E-state index in [0.717, 1.165) is 27.1 Å². The van der Waals surface area contributed by atoms with E-state index in [-0.39, 0.29) is 5.91 Å². The van der Waals surface area contributed by atoms with E-state index in [1.54, 1.807) is 0 Å². The third kappa shape index (κ3) is 3.09. The first-order valence-corrected chi connectivity index (χ1v) is 9.14. The molecule has 0 radical (unpaired) electrons. The lowest BCUT2D eigenvalue weighted by atomic mass is 10.0. The Morgan fingerprint density at radius 2 is 1.62 bits per heavy atom. The maximum absolute atomic E-state index is 12.6. The van der Waals surface area contributed by atoms with Gasteiger partial charge in [0.1, 0.15) is 5.01 Å². The molecule has 0 saturated carbocycles. The zero-order chi connectivity index (χ0) is 18.1. The Labute approximate surface area is 155 Å². The highest BCUT2D eigenvalue weighted by atomic mass is 32.1. The van der Waals surface area contributed by atoms with Crippen molar-refractivity contribution >= 4 is 33.1 Å². The van der Waals surface area contributed by atoms with E-state index in [9.17, 15) is 4.79 Å². The Morgan fingerprint density at radius 1 is 0.885 bits per heavy atom. The van der Waals surface area contributed by atoms with Crippen LogP contribution in [-0.2, 0) is 0 Å². The van der Waals surface area contributed by atoms with Crippen LogP contribution in [-0.4, -0.2) is 16.1 Å². The topological polar surface area (TPSA) is 54.9 Å². The van der Waals surface area contributed by atoms with Crippen LogP contribution in [0.5, 0.6) is 0 Å². The van der Waals surface area contributed by atoms with Gasteiger partial charge in [-0.2, -0.15) is 0 Å². The maximum Gasteiger partial charge on any atom is 0.258 e. The molecule has 0 saturated heterocycles. The number of carbonyl (C=O) groups is 1. The normalized spacial score (nSPS) is 10.8. The molecule has 5 heteroatoms. The van der Waals surface area contributed by atoms with Gasteiger partial charge in [-0.3, -0.25) is 10.1 Å². The van der Waals surface area contributed by atoms with Gasteiger partial charge in [-0.1, -0.05) is 65.9 Å². The van der Waals surface area contributed by atoms with Gasteiger partial charge in [0.25, 0.3) is 5.91 Å². The second-order valence-electron chi connectivity index (χ2n) is 6.20. The summed E-state index contributed by atoms with van der Waals surface area (Å²) in [5, 5.41) is 14.9. The van der Waals surface area contributed by atoms with Gasteiger partial charge in [0.05, 0.1) is 0 Å². The summed E-state index contributed by atoms with van der Waals surface area (Å²) >= 11 is 1.38. The second-order valence-corrected chi connectivity index (χ2v) is 7.17. The molecule has 0 bridgehead atoms. The largest absolute Gasteiger partial charge is 0.296 e. The van der Waals surface area contributed by atoms with Crippen molar-refractivity contribution in [3.8, 4) is 10.6 Å². The molecule has 0 aliphatic rings.